The lowest BCUT2D eigenvalue weighted by Gasteiger charge is -2.44. The molecule has 0 radical (unpaired) electrons. The number of amides is 1. The van der Waals surface area contributed by atoms with Gasteiger partial charge in [0.05, 0.1) is 23.2 Å². The van der Waals surface area contributed by atoms with Crippen molar-refractivity contribution < 1.29 is 14.3 Å². The zero-order valence-corrected chi connectivity index (χ0v) is 19.5. The van der Waals surface area contributed by atoms with Crippen LogP contribution in [0.1, 0.15) is 105 Å². The second-order valence-corrected chi connectivity index (χ2v) is 10.9. The molecule has 0 N–H and O–H groups in total. The molecule has 168 valence electrons. The summed E-state index contributed by atoms with van der Waals surface area (Å²) in [5.74, 6) is 1.02. The Kier molecular flexibility index (Phi) is 8.06. The van der Waals surface area contributed by atoms with Gasteiger partial charge in [-0.25, -0.2) is 0 Å². The second-order valence-electron chi connectivity index (χ2n) is 10.9. The molecule has 0 aromatic rings. The third-order valence-corrected chi connectivity index (χ3v) is 8.01. The molecule has 2 aliphatic carbocycles. The number of ether oxygens (including phenoxy) is 2. The van der Waals surface area contributed by atoms with Crippen LogP contribution in [0.5, 0.6) is 0 Å². The van der Waals surface area contributed by atoms with Crippen molar-refractivity contribution in [2.24, 2.45) is 11.3 Å². The van der Waals surface area contributed by atoms with Crippen LogP contribution in [0.3, 0.4) is 0 Å². The van der Waals surface area contributed by atoms with E-state index < -0.39 is 11.0 Å². The van der Waals surface area contributed by atoms with Crippen LogP contribution in [0.25, 0.3) is 0 Å². The van der Waals surface area contributed by atoms with Gasteiger partial charge >= 0.3 is 0 Å². The van der Waals surface area contributed by atoms with E-state index in [1.54, 1.807) is 0 Å². The van der Waals surface area contributed by atoms with E-state index in [4.69, 9.17) is 9.47 Å². The highest BCUT2D eigenvalue weighted by atomic mass is 16.5. The Morgan fingerprint density at radius 1 is 0.931 bits per heavy atom. The van der Waals surface area contributed by atoms with E-state index >= 15 is 0 Å². The van der Waals surface area contributed by atoms with Gasteiger partial charge in [0.2, 0.25) is 5.91 Å². The molecule has 4 heteroatoms. The first-order valence-electron chi connectivity index (χ1n) is 12.4. The predicted molar refractivity (Wildman–Crippen MR) is 118 cm³/mol. The number of nitrogens with zero attached hydrogens (tertiary/aromatic N) is 1. The quantitative estimate of drug-likeness (QED) is 0.528. The second kappa shape index (κ2) is 10.1. The van der Waals surface area contributed by atoms with Crippen LogP contribution in [-0.4, -0.2) is 48.3 Å². The average Bonchev–Trinajstić information content (AvgIpc) is 2.90. The van der Waals surface area contributed by atoms with Crippen molar-refractivity contribution >= 4 is 5.91 Å². The summed E-state index contributed by atoms with van der Waals surface area (Å²) in [7, 11) is 0. The number of carbonyl (C=O) groups is 1. The van der Waals surface area contributed by atoms with Crippen LogP contribution in [0, 0.1) is 11.3 Å². The molecule has 1 atom stereocenters. The van der Waals surface area contributed by atoms with Gasteiger partial charge in [-0.2, -0.15) is 0 Å². The lowest BCUT2D eigenvalue weighted by Crippen LogP contribution is -2.55. The number of hydrogen-bond acceptors (Lipinski definition) is 3. The Morgan fingerprint density at radius 2 is 1.55 bits per heavy atom. The van der Waals surface area contributed by atoms with Crippen molar-refractivity contribution in [2.75, 3.05) is 19.7 Å². The van der Waals surface area contributed by atoms with E-state index in [-0.39, 0.29) is 12.0 Å². The Labute approximate surface area is 179 Å². The summed E-state index contributed by atoms with van der Waals surface area (Å²) in [5, 5.41) is 0. The first kappa shape index (κ1) is 23.1. The van der Waals surface area contributed by atoms with Gasteiger partial charge in [0.15, 0.2) is 0 Å². The minimum Gasteiger partial charge on any atom is -0.376 e. The monoisotopic (exact) mass is 407 g/mol. The molecule has 1 saturated heterocycles. The smallest absolute Gasteiger partial charge is 0.231 e. The van der Waals surface area contributed by atoms with Crippen LogP contribution in [0.15, 0.2) is 0 Å². The molecular weight excluding hydrogens is 362 g/mol. The fourth-order valence-corrected chi connectivity index (χ4v) is 5.42. The Bertz CT molecular complexity index is 516. The molecule has 1 heterocycles. The molecule has 3 aliphatic rings. The molecule has 0 bridgehead atoms. The van der Waals surface area contributed by atoms with Crippen LogP contribution in [0.4, 0.5) is 0 Å². The summed E-state index contributed by atoms with van der Waals surface area (Å²) in [6, 6.07) is 0. The number of hydrogen-bond donors (Lipinski definition) is 0. The first-order chi connectivity index (χ1) is 13.8. The molecule has 2 saturated carbocycles. The fourth-order valence-electron chi connectivity index (χ4n) is 5.42. The third-order valence-electron chi connectivity index (χ3n) is 8.01. The van der Waals surface area contributed by atoms with E-state index in [1.807, 2.05) is 0 Å². The van der Waals surface area contributed by atoms with Crippen LogP contribution in [0.2, 0.25) is 0 Å². The molecule has 1 aliphatic heterocycles. The van der Waals surface area contributed by atoms with Crippen molar-refractivity contribution in [3.8, 4) is 0 Å². The summed E-state index contributed by atoms with van der Waals surface area (Å²) >= 11 is 0. The van der Waals surface area contributed by atoms with Crippen molar-refractivity contribution in [2.45, 2.75) is 123 Å². The Balaban J connectivity index is 1.63. The normalized spacial score (nSPS) is 26.3. The molecular formula is C25H45NO3. The number of carbonyl (C=O) groups excluding carboxylic acids is 1. The van der Waals surface area contributed by atoms with Gasteiger partial charge in [-0.3, -0.25) is 4.79 Å². The van der Waals surface area contributed by atoms with E-state index in [0.717, 1.165) is 51.3 Å². The van der Waals surface area contributed by atoms with E-state index in [9.17, 15) is 4.79 Å². The largest absolute Gasteiger partial charge is 0.376 e. The molecule has 29 heavy (non-hydrogen) atoms. The van der Waals surface area contributed by atoms with Crippen molar-refractivity contribution in [3.63, 3.8) is 0 Å². The predicted octanol–water partition coefficient (Wildman–Crippen LogP) is 5.73. The summed E-state index contributed by atoms with van der Waals surface area (Å²) in [6.07, 6.45) is 15.3. The highest BCUT2D eigenvalue weighted by Crippen LogP contribution is 2.39. The van der Waals surface area contributed by atoms with Crippen LogP contribution < -0.4 is 0 Å². The number of rotatable bonds is 6. The van der Waals surface area contributed by atoms with Crippen LogP contribution >= 0.6 is 0 Å². The highest BCUT2D eigenvalue weighted by molar-refractivity contribution is 5.83. The molecule has 3 fully saturated rings. The van der Waals surface area contributed by atoms with Gasteiger partial charge in [-0.1, -0.05) is 51.4 Å². The maximum Gasteiger partial charge on any atom is 0.231 e. The van der Waals surface area contributed by atoms with Gasteiger partial charge < -0.3 is 14.4 Å². The molecule has 1 unspecified atom stereocenters. The van der Waals surface area contributed by atoms with E-state index in [1.165, 1.54) is 51.4 Å². The van der Waals surface area contributed by atoms with Gasteiger partial charge in [-0.05, 0) is 59.3 Å². The zero-order chi connectivity index (χ0) is 20.9. The Morgan fingerprint density at radius 3 is 2.21 bits per heavy atom. The first-order valence-corrected chi connectivity index (χ1v) is 12.4. The minimum atomic E-state index is -0.554. The topological polar surface area (TPSA) is 38.8 Å². The van der Waals surface area contributed by atoms with E-state index in [2.05, 4.69) is 32.6 Å². The van der Waals surface area contributed by atoms with Gasteiger partial charge in [0, 0.05) is 19.7 Å². The van der Waals surface area contributed by atoms with Crippen molar-refractivity contribution in [1.82, 2.24) is 4.90 Å². The maximum absolute atomic E-state index is 13.7. The average molecular weight is 408 g/mol. The summed E-state index contributed by atoms with van der Waals surface area (Å²) in [6.45, 7) is 10.8. The minimum absolute atomic E-state index is 0.200. The fraction of sp³-hybridized carbons (Fsp3) is 0.960. The lowest BCUT2D eigenvalue weighted by molar-refractivity contribution is -0.173. The summed E-state index contributed by atoms with van der Waals surface area (Å²) in [5.41, 5.74) is -1.03. The van der Waals surface area contributed by atoms with Crippen molar-refractivity contribution in [3.05, 3.63) is 0 Å². The zero-order valence-electron chi connectivity index (χ0n) is 19.5. The van der Waals surface area contributed by atoms with Crippen molar-refractivity contribution in [1.29, 1.82) is 0 Å². The molecule has 0 spiro atoms. The SMILES string of the molecule is CC(C)(OC1CCCCCC1)C(C)(C)C(=O)N1CCCOC(CC2CCCC2)C1. The maximum atomic E-state index is 13.7. The summed E-state index contributed by atoms with van der Waals surface area (Å²) < 4.78 is 12.8. The summed E-state index contributed by atoms with van der Waals surface area (Å²) in [4.78, 5) is 15.8. The lowest BCUT2D eigenvalue weighted by atomic mass is 9.75. The standard InChI is InChI=1S/C25H45NO3/c1-24(2,25(3,4)29-21-14-7-5-6-8-15-21)23(27)26-16-11-17-28-22(19-26)18-20-12-9-10-13-20/h20-22H,5-19H2,1-4H3. The van der Waals surface area contributed by atoms with Gasteiger partial charge in [0.1, 0.15) is 0 Å². The van der Waals surface area contributed by atoms with Gasteiger partial charge in [0.25, 0.3) is 0 Å². The molecule has 0 aromatic heterocycles. The van der Waals surface area contributed by atoms with Gasteiger partial charge in [-0.15, -0.1) is 0 Å². The van der Waals surface area contributed by atoms with E-state index in [0.29, 0.717) is 6.10 Å². The molecule has 4 nitrogen and oxygen atoms in total. The Hall–Kier alpha value is -0.610. The van der Waals surface area contributed by atoms with Crippen LogP contribution in [-0.2, 0) is 14.3 Å². The highest BCUT2D eigenvalue weighted by Gasteiger charge is 2.47. The molecule has 3 rings (SSSR count). The third kappa shape index (κ3) is 5.97. The molecule has 1 amide bonds. The molecule has 0 aromatic carbocycles.